The number of hydrogen-bond acceptors (Lipinski definition) is 3. The zero-order valence-electron chi connectivity index (χ0n) is 12.0. The Morgan fingerprint density at radius 1 is 1.42 bits per heavy atom. The highest BCUT2D eigenvalue weighted by atomic mass is 32.1. The van der Waals surface area contributed by atoms with Crippen LogP contribution in [0.15, 0.2) is 29.9 Å². The molecule has 4 heteroatoms. The number of hydrogen-bond donors (Lipinski definition) is 1. The molecule has 1 unspecified atom stereocenters. The Hall–Kier alpha value is -1.13. The molecule has 2 heterocycles. The second kappa shape index (κ2) is 6.87. The van der Waals surface area contributed by atoms with E-state index in [0.717, 1.165) is 18.3 Å². The van der Waals surface area contributed by atoms with Crippen molar-refractivity contribution >= 4 is 11.3 Å². The maximum Gasteiger partial charge on any atom is 0.131 e. The molecule has 0 saturated heterocycles. The van der Waals surface area contributed by atoms with Crippen molar-refractivity contribution < 1.29 is 0 Å². The van der Waals surface area contributed by atoms with Gasteiger partial charge in [-0.05, 0) is 36.8 Å². The molecule has 19 heavy (non-hydrogen) atoms. The molecule has 0 aliphatic carbocycles. The van der Waals surface area contributed by atoms with Crippen LogP contribution in [0.4, 0.5) is 0 Å². The molecule has 1 N–H and O–H groups in total. The summed E-state index contributed by atoms with van der Waals surface area (Å²) in [5, 5.41) is 5.77. The summed E-state index contributed by atoms with van der Waals surface area (Å²) in [4.78, 5) is 5.83. The third-order valence-corrected chi connectivity index (χ3v) is 4.19. The topological polar surface area (TPSA) is 29.9 Å². The summed E-state index contributed by atoms with van der Waals surface area (Å²) in [6.07, 6.45) is 6.35. The molecular weight excluding hydrogens is 254 g/mol. The standard InChI is InChI=1S/C15H23N3S/c1-12(2)6-4-8-16-14(13-7-5-11-19-13)15-17-9-10-18(15)3/h5,7,9-12,14,16H,4,6,8H2,1-3H3. The lowest BCUT2D eigenvalue weighted by atomic mass is 10.1. The molecule has 2 aromatic heterocycles. The second-order valence-electron chi connectivity index (χ2n) is 5.33. The van der Waals surface area contributed by atoms with E-state index >= 15 is 0 Å². The number of rotatable bonds is 7. The van der Waals surface area contributed by atoms with Gasteiger partial charge in [-0.25, -0.2) is 4.98 Å². The zero-order valence-corrected chi connectivity index (χ0v) is 12.8. The van der Waals surface area contributed by atoms with Crippen molar-refractivity contribution in [3.8, 4) is 0 Å². The number of aryl methyl sites for hydroxylation is 1. The summed E-state index contributed by atoms with van der Waals surface area (Å²) in [5.74, 6) is 1.86. The molecule has 0 radical (unpaired) electrons. The van der Waals surface area contributed by atoms with E-state index in [2.05, 4.69) is 53.3 Å². The van der Waals surface area contributed by atoms with E-state index in [1.54, 1.807) is 11.3 Å². The van der Waals surface area contributed by atoms with Gasteiger partial charge in [-0.15, -0.1) is 11.3 Å². The molecule has 0 aromatic carbocycles. The lowest BCUT2D eigenvalue weighted by Crippen LogP contribution is -2.25. The first kappa shape index (κ1) is 14.3. The minimum atomic E-state index is 0.215. The van der Waals surface area contributed by atoms with Gasteiger partial charge in [0, 0.05) is 24.3 Å². The molecule has 0 bridgehead atoms. The number of thiophene rings is 1. The van der Waals surface area contributed by atoms with Gasteiger partial charge in [0.1, 0.15) is 11.9 Å². The quantitative estimate of drug-likeness (QED) is 0.784. The maximum absolute atomic E-state index is 4.49. The van der Waals surface area contributed by atoms with Crippen LogP contribution in [0.25, 0.3) is 0 Å². The summed E-state index contributed by atoms with van der Waals surface area (Å²) in [6, 6.07) is 4.50. The molecule has 0 fully saturated rings. The zero-order chi connectivity index (χ0) is 13.7. The third-order valence-electron chi connectivity index (χ3n) is 3.25. The Morgan fingerprint density at radius 2 is 2.26 bits per heavy atom. The Balaban J connectivity index is 2.02. The fraction of sp³-hybridized carbons (Fsp3) is 0.533. The van der Waals surface area contributed by atoms with Crippen LogP contribution in [0.5, 0.6) is 0 Å². The van der Waals surface area contributed by atoms with E-state index in [9.17, 15) is 0 Å². The third kappa shape index (κ3) is 3.91. The van der Waals surface area contributed by atoms with Gasteiger partial charge < -0.3 is 9.88 Å². The number of nitrogens with zero attached hydrogens (tertiary/aromatic N) is 2. The smallest absolute Gasteiger partial charge is 0.131 e. The van der Waals surface area contributed by atoms with Crippen LogP contribution >= 0.6 is 11.3 Å². The molecule has 0 amide bonds. The van der Waals surface area contributed by atoms with Crippen LogP contribution in [-0.2, 0) is 7.05 Å². The highest BCUT2D eigenvalue weighted by Crippen LogP contribution is 2.24. The first-order chi connectivity index (χ1) is 9.18. The predicted octanol–water partition coefficient (Wildman–Crippen LogP) is 3.60. The molecule has 1 atom stereocenters. The van der Waals surface area contributed by atoms with E-state index in [1.807, 2.05) is 12.4 Å². The first-order valence-electron chi connectivity index (χ1n) is 6.92. The van der Waals surface area contributed by atoms with Crippen molar-refractivity contribution in [1.82, 2.24) is 14.9 Å². The fourth-order valence-corrected chi connectivity index (χ4v) is 2.98. The maximum atomic E-state index is 4.49. The lowest BCUT2D eigenvalue weighted by molar-refractivity contribution is 0.497. The molecule has 2 rings (SSSR count). The van der Waals surface area contributed by atoms with Gasteiger partial charge in [0.05, 0.1) is 0 Å². The highest BCUT2D eigenvalue weighted by molar-refractivity contribution is 7.10. The monoisotopic (exact) mass is 277 g/mol. The summed E-state index contributed by atoms with van der Waals surface area (Å²) in [7, 11) is 2.05. The Kier molecular flexibility index (Phi) is 5.16. The van der Waals surface area contributed by atoms with Crippen molar-refractivity contribution in [3.63, 3.8) is 0 Å². The van der Waals surface area contributed by atoms with Crippen LogP contribution in [-0.4, -0.2) is 16.1 Å². The molecule has 3 nitrogen and oxygen atoms in total. The normalized spacial score (nSPS) is 13.1. The average molecular weight is 277 g/mol. The highest BCUT2D eigenvalue weighted by Gasteiger charge is 2.18. The Morgan fingerprint density at radius 3 is 2.84 bits per heavy atom. The van der Waals surface area contributed by atoms with Gasteiger partial charge in [0.15, 0.2) is 0 Å². The molecule has 0 aliphatic rings. The molecule has 0 aliphatic heterocycles. The van der Waals surface area contributed by atoms with E-state index in [1.165, 1.54) is 17.7 Å². The van der Waals surface area contributed by atoms with Gasteiger partial charge in [-0.2, -0.15) is 0 Å². The van der Waals surface area contributed by atoms with Gasteiger partial charge in [-0.3, -0.25) is 0 Å². The molecule has 0 spiro atoms. The van der Waals surface area contributed by atoms with Crippen molar-refractivity contribution in [3.05, 3.63) is 40.6 Å². The van der Waals surface area contributed by atoms with E-state index < -0.39 is 0 Å². The Labute approximate surface area is 119 Å². The number of imidazole rings is 1. The second-order valence-corrected chi connectivity index (χ2v) is 6.31. The average Bonchev–Trinajstić information content (AvgIpc) is 3.01. The summed E-state index contributed by atoms with van der Waals surface area (Å²) in [6.45, 7) is 5.58. The minimum Gasteiger partial charge on any atom is -0.336 e. The fourth-order valence-electron chi connectivity index (χ4n) is 2.19. The van der Waals surface area contributed by atoms with E-state index in [4.69, 9.17) is 0 Å². The number of aromatic nitrogens is 2. The molecule has 104 valence electrons. The SMILES string of the molecule is CC(C)CCCNC(c1cccs1)c1nccn1C. The van der Waals surface area contributed by atoms with E-state index in [0.29, 0.717) is 0 Å². The summed E-state index contributed by atoms with van der Waals surface area (Å²) < 4.78 is 2.10. The van der Waals surface area contributed by atoms with Gasteiger partial charge >= 0.3 is 0 Å². The predicted molar refractivity (Wildman–Crippen MR) is 81.4 cm³/mol. The molecule has 0 saturated carbocycles. The molecular formula is C15H23N3S. The van der Waals surface area contributed by atoms with Crippen LogP contribution in [0.3, 0.4) is 0 Å². The number of nitrogens with one attached hydrogen (secondary N) is 1. The van der Waals surface area contributed by atoms with Gasteiger partial charge in [0.25, 0.3) is 0 Å². The summed E-state index contributed by atoms with van der Waals surface area (Å²) >= 11 is 1.79. The van der Waals surface area contributed by atoms with Crippen molar-refractivity contribution in [1.29, 1.82) is 0 Å². The summed E-state index contributed by atoms with van der Waals surface area (Å²) in [5.41, 5.74) is 0. The van der Waals surface area contributed by atoms with Crippen LogP contribution < -0.4 is 5.32 Å². The van der Waals surface area contributed by atoms with Crippen molar-refractivity contribution in [2.75, 3.05) is 6.54 Å². The molecule has 2 aromatic rings. The van der Waals surface area contributed by atoms with Gasteiger partial charge in [-0.1, -0.05) is 19.9 Å². The van der Waals surface area contributed by atoms with Gasteiger partial charge in [0.2, 0.25) is 0 Å². The lowest BCUT2D eigenvalue weighted by Gasteiger charge is -2.17. The van der Waals surface area contributed by atoms with E-state index in [-0.39, 0.29) is 6.04 Å². The first-order valence-corrected chi connectivity index (χ1v) is 7.80. The van der Waals surface area contributed by atoms with Crippen molar-refractivity contribution in [2.45, 2.75) is 32.7 Å². The Bertz CT molecular complexity index is 473. The van der Waals surface area contributed by atoms with Crippen molar-refractivity contribution in [2.24, 2.45) is 13.0 Å². The van der Waals surface area contributed by atoms with Crippen LogP contribution in [0, 0.1) is 5.92 Å². The largest absolute Gasteiger partial charge is 0.336 e. The van der Waals surface area contributed by atoms with Crippen LogP contribution in [0.2, 0.25) is 0 Å². The van der Waals surface area contributed by atoms with Crippen LogP contribution in [0.1, 0.15) is 43.4 Å². The minimum absolute atomic E-state index is 0.215.